The number of rotatable bonds is 5. The normalized spacial score (nSPS) is 15.4. The van der Waals surface area contributed by atoms with Gasteiger partial charge in [-0.15, -0.1) is 11.6 Å². The highest BCUT2D eigenvalue weighted by Crippen LogP contribution is 2.34. The molecule has 0 aliphatic heterocycles. The summed E-state index contributed by atoms with van der Waals surface area (Å²) in [5, 5.41) is 0. The van der Waals surface area contributed by atoms with E-state index in [0.29, 0.717) is 17.8 Å². The van der Waals surface area contributed by atoms with Crippen molar-refractivity contribution >= 4 is 17.3 Å². The Labute approximate surface area is 108 Å². The molecule has 0 amide bonds. The van der Waals surface area contributed by atoms with E-state index < -0.39 is 0 Å². The summed E-state index contributed by atoms with van der Waals surface area (Å²) in [4.78, 5) is 2.21. The maximum absolute atomic E-state index is 14.0. The van der Waals surface area contributed by atoms with Crippen LogP contribution in [-0.4, -0.2) is 12.6 Å². The first-order chi connectivity index (χ1) is 8.11. The van der Waals surface area contributed by atoms with Gasteiger partial charge in [-0.2, -0.15) is 0 Å². The monoisotopic (exact) mass is 255 g/mol. The first-order valence-corrected chi connectivity index (χ1v) is 6.76. The molecule has 1 nitrogen and oxygen atoms in total. The van der Waals surface area contributed by atoms with Gasteiger partial charge in [-0.05, 0) is 36.5 Å². The quantitative estimate of drug-likeness (QED) is 0.713. The molecule has 1 aliphatic rings. The molecule has 0 unspecified atom stereocenters. The zero-order valence-electron chi connectivity index (χ0n) is 10.4. The molecule has 0 saturated heterocycles. The fraction of sp³-hybridized carbons (Fsp3) is 0.571. The molecule has 0 N–H and O–H groups in total. The molecule has 0 radical (unpaired) electrons. The number of hydrogen-bond donors (Lipinski definition) is 0. The van der Waals surface area contributed by atoms with Crippen LogP contribution in [0.3, 0.4) is 0 Å². The zero-order chi connectivity index (χ0) is 12.4. The minimum Gasteiger partial charge on any atom is -0.366 e. The summed E-state index contributed by atoms with van der Waals surface area (Å²) in [5.74, 6) is 0.767. The SMILES string of the molecule is CC(C)CN(c1ccc(CCl)cc1F)C1CC1. The van der Waals surface area contributed by atoms with Crippen LogP contribution in [0.5, 0.6) is 0 Å². The van der Waals surface area contributed by atoms with Gasteiger partial charge in [-0.1, -0.05) is 19.9 Å². The Balaban J connectivity index is 2.23. The largest absolute Gasteiger partial charge is 0.366 e. The van der Waals surface area contributed by atoms with Crippen LogP contribution in [0.2, 0.25) is 0 Å². The molecule has 2 rings (SSSR count). The van der Waals surface area contributed by atoms with Gasteiger partial charge in [0.25, 0.3) is 0 Å². The number of hydrogen-bond acceptors (Lipinski definition) is 1. The molecule has 1 aromatic carbocycles. The Bertz CT molecular complexity index is 388. The van der Waals surface area contributed by atoms with E-state index in [4.69, 9.17) is 11.6 Å². The standard InChI is InChI=1S/C14H19ClFN/c1-10(2)9-17(12-4-5-12)14-6-3-11(8-15)7-13(14)16/h3,6-7,10,12H,4-5,8-9H2,1-2H3. The second kappa shape index (κ2) is 5.26. The second-order valence-corrected chi connectivity index (χ2v) is 5.46. The van der Waals surface area contributed by atoms with Crippen LogP contribution < -0.4 is 4.90 Å². The lowest BCUT2D eigenvalue weighted by Gasteiger charge is -2.27. The van der Waals surface area contributed by atoms with Crippen molar-refractivity contribution in [3.05, 3.63) is 29.6 Å². The number of benzene rings is 1. The van der Waals surface area contributed by atoms with Crippen molar-refractivity contribution in [2.75, 3.05) is 11.4 Å². The maximum atomic E-state index is 14.0. The van der Waals surface area contributed by atoms with Gasteiger partial charge in [0.05, 0.1) is 5.69 Å². The molecular weight excluding hydrogens is 237 g/mol. The smallest absolute Gasteiger partial charge is 0.146 e. The van der Waals surface area contributed by atoms with Crippen molar-refractivity contribution in [2.45, 2.75) is 38.6 Å². The molecule has 94 valence electrons. The second-order valence-electron chi connectivity index (χ2n) is 5.20. The number of nitrogens with zero attached hydrogens (tertiary/aromatic N) is 1. The average Bonchev–Trinajstić information content (AvgIpc) is 3.09. The van der Waals surface area contributed by atoms with E-state index in [9.17, 15) is 4.39 Å². The summed E-state index contributed by atoms with van der Waals surface area (Å²) in [5.41, 5.74) is 1.57. The summed E-state index contributed by atoms with van der Waals surface area (Å²) >= 11 is 5.71. The lowest BCUT2D eigenvalue weighted by atomic mass is 10.1. The first-order valence-electron chi connectivity index (χ1n) is 6.23. The molecule has 17 heavy (non-hydrogen) atoms. The van der Waals surface area contributed by atoms with Crippen LogP contribution in [0.15, 0.2) is 18.2 Å². The fourth-order valence-electron chi connectivity index (χ4n) is 2.09. The predicted molar refractivity (Wildman–Crippen MR) is 71.2 cm³/mol. The van der Waals surface area contributed by atoms with Crippen molar-refractivity contribution in [3.63, 3.8) is 0 Å². The lowest BCUT2D eigenvalue weighted by molar-refractivity contribution is 0.577. The Morgan fingerprint density at radius 2 is 2.12 bits per heavy atom. The van der Waals surface area contributed by atoms with Crippen molar-refractivity contribution in [1.29, 1.82) is 0 Å². The van der Waals surface area contributed by atoms with E-state index in [-0.39, 0.29) is 5.82 Å². The van der Waals surface area contributed by atoms with E-state index in [1.165, 1.54) is 12.8 Å². The van der Waals surface area contributed by atoms with Gasteiger partial charge in [0.1, 0.15) is 5.82 Å². The maximum Gasteiger partial charge on any atom is 0.146 e. The molecule has 1 saturated carbocycles. The fourth-order valence-corrected chi connectivity index (χ4v) is 2.26. The van der Waals surface area contributed by atoms with Crippen LogP contribution in [0.25, 0.3) is 0 Å². The zero-order valence-corrected chi connectivity index (χ0v) is 11.2. The van der Waals surface area contributed by atoms with Gasteiger partial charge in [-0.3, -0.25) is 0 Å². The number of anilines is 1. The summed E-state index contributed by atoms with van der Waals surface area (Å²) in [6, 6.07) is 5.88. The third kappa shape index (κ3) is 3.12. The highest BCUT2D eigenvalue weighted by Gasteiger charge is 2.30. The van der Waals surface area contributed by atoms with Crippen LogP contribution in [0.1, 0.15) is 32.3 Å². The summed E-state index contributed by atoms with van der Waals surface area (Å²) in [6.45, 7) is 5.25. The third-order valence-corrected chi connectivity index (χ3v) is 3.33. The molecule has 0 aromatic heterocycles. The Morgan fingerprint density at radius 3 is 2.59 bits per heavy atom. The van der Waals surface area contributed by atoms with E-state index in [1.54, 1.807) is 6.07 Å². The van der Waals surface area contributed by atoms with Gasteiger partial charge in [0.2, 0.25) is 0 Å². The van der Waals surface area contributed by atoms with Gasteiger partial charge in [0, 0.05) is 18.5 Å². The van der Waals surface area contributed by atoms with Crippen LogP contribution >= 0.6 is 11.6 Å². The molecule has 1 fully saturated rings. The summed E-state index contributed by atoms with van der Waals surface area (Å²) in [6.07, 6.45) is 2.37. The molecule has 3 heteroatoms. The minimum atomic E-state index is -0.143. The Morgan fingerprint density at radius 1 is 1.41 bits per heavy atom. The van der Waals surface area contributed by atoms with Gasteiger partial charge in [0.15, 0.2) is 0 Å². The van der Waals surface area contributed by atoms with E-state index in [2.05, 4.69) is 18.7 Å². The average molecular weight is 256 g/mol. The van der Waals surface area contributed by atoms with Gasteiger partial charge < -0.3 is 4.90 Å². The molecule has 0 bridgehead atoms. The van der Waals surface area contributed by atoms with Gasteiger partial charge in [-0.25, -0.2) is 4.39 Å². The van der Waals surface area contributed by atoms with Gasteiger partial charge >= 0.3 is 0 Å². The van der Waals surface area contributed by atoms with E-state index in [1.807, 2.05) is 12.1 Å². The molecule has 0 atom stereocenters. The molecular formula is C14H19ClFN. The minimum absolute atomic E-state index is 0.143. The van der Waals surface area contributed by atoms with E-state index in [0.717, 1.165) is 17.8 Å². The highest BCUT2D eigenvalue weighted by atomic mass is 35.5. The molecule has 1 aliphatic carbocycles. The van der Waals surface area contributed by atoms with Crippen molar-refractivity contribution in [2.24, 2.45) is 5.92 Å². The van der Waals surface area contributed by atoms with E-state index >= 15 is 0 Å². The molecule has 0 spiro atoms. The Hall–Kier alpha value is -0.760. The lowest BCUT2D eigenvalue weighted by Crippen LogP contribution is -2.30. The van der Waals surface area contributed by atoms with Crippen LogP contribution in [0.4, 0.5) is 10.1 Å². The summed E-state index contributed by atoms with van der Waals surface area (Å²) < 4.78 is 14.0. The predicted octanol–water partition coefficient (Wildman–Crippen LogP) is 4.19. The number of halogens is 2. The van der Waals surface area contributed by atoms with Crippen molar-refractivity contribution < 1.29 is 4.39 Å². The van der Waals surface area contributed by atoms with Crippen LogP contribution in [0, 0.1) is 11.7 Å². The first kappa shape index (κ1) is 12.7. The highest BCUT2D eigenvalue weighted by molar-refractivity contribution is 6.17. The Kier molecular flexibility index (Phi) is 3.93. The number of alkyl halides is 1. The molecule has 1 aromatic rings. The molecule has 0 heterocycles. The van der Waals surface area contributed by atoms with Crippen molar-refractivity contribution in [3.8, 4) is 0 Å². The topological polar surface area (TPSA) is 3.24 Å². The third-order valence-electron chi connectivity index (χ3n) is 3.03. The summed E-state index contributed by atoms with van der Waals surface area (Å²) in [7, 11) is 0. The van der Waals surface area contributed by atoms with Crippen LogP contribution in [-0.2, 0) is 5.88 Å². The van der Waals surface area contributed by atoms with Crippen molar-refractivity contribution in [1.82, 2.24) is 0 Å².